The Hall–Kier alpha value is -1.76. The molecule has 3 aromatic rings. The maximum Gasteiger partial charge on any atom is 0.252 e. The van der Waals surface area contributed by atoms with Crippen LogP contribution in [0.2, 0.25) is 0 Å². The van der Waals surface area contributed by atoms with Gasteiger partial charge >= 0.3 is 0 Å². The van der Waals surface area contributed by atoms with Crippen LogP contribution in [0, 0.1) is 13.8 Å². The van der Waals surface area contributed by atoms with Crippen molar-refractivity contribution in [3.05, 3.63) is 62.4 Å². The third-order valence-corrected chi connectivity index (χ3v) is 5.99. The second kappa shape index (κ2) is 8.95. The van der Waals surface area contributed by atoms with Gasteiger partial charge in [0.1, 0.15) is 0 Å². The highest BCUT2D eigenvalue weighted by Gasteiger charge is 2.09. The molecule has 3 rings (SSSR count). The number of aryl methyl sites for hydroxylation is 2. The van der Waals surface area contributed by atoms with Gasteiger partial charge in [0.15, 0.2) is 4.80 Å². The van der Waals surface area contributed by atoms with Gasteiger partial charge in [0.05, 0.1) is 23.2 Å². The van der Waals surface area contributed by atoms with Crippen LogP contribution < -0.4 is 4.80 Å². The molecule has 0 saturated heterocycles. The quantitative estimate of drug-likeness (QED) is 0.510. The molecule has 2 aromatic carbocycles. The van der Waals surface area contributed by atoms with Crippen molar-refractivity contribution in [1.29, 1.82) is 0 Å². The first kappa shape index (κ1) is 20.0. The second-order valence-electron chi connectivity index (χ2n) is 6.45. The molecule has 142 valence electrons. The summed E-state index contributed by atoms with van der Waals surface area (Å²) in [6, 6.07) is 12.2. The Kier molecular flexibility index (Phi) is 6.63. The summed E-state index contributed by atoms with van der Waals surface area (Å²) in [5, 5.41) is 0. The number of nitrogens with zero attached hydrogens (tertiary/aromatic N) is 2. The van der Waals surface area contributed by atoms with E-state index in [0.29, 0.717) is 26.2 Å². The minimum atomic E-state index is -0.131. The third-order valence-electron chi connectivity index (χ3n) is 4.46. The summed E-state index contributed by atoms with van der Waals surface area (Å²) in [7, 11) is 0. The number of rotatable bonds is 6. The fraction of sp³-hybridized carbons (Fsp3) is 0.333. The van der Waals surface area contributed by atoms with E-state index in [0.717, 1.165) is 25.1 Å². The summed E-state index contributed by atoms with van der Waals surface area (Å²) in [6.07, 6.45) is 0.310. The van der Waals surface area contributed by atoms with Gasteiger partial charge in [0.2, 0.25) is 0 Å². The Balaban J connectivity index is 1.93. The van der Waals surface area contributed by atoms with Crippen molar-refractivity contribution in [2.24, 2.45) is 4.99 Å². The third kappa shape index (κ3) is 4.94. The summed E-state index contributed by atoms with van der Waals surface area (Å²) < 4.78 is 9.69. The highest BCUT2D eigenvalue weighted by atomic mass is 79.9. The van der Waals surface area contributed by atoms with E-state index in [-0.39, 0.29) is 5.91 Å². The smallest absolute Gasteiger partial charge is 0.252 e. The van der Waals surface area contributed by atoms with E-state index in [1.54, 1.807) is 0 Å². The lowest BCUT2D eigenvalue weighted by Crippen LogP contribution is -2.20. The number of hydrogen-bond acceptors (Lipinski definition) is 3. The maximum absolute atomic E-state index is 12.6. The molecule has 0 spiro atoms. The average Bonchev–Trinajstić information content (AvgIpc) is 2.94. The zero-order valence-corrected chi connectivity index (χ0v) is 18.2. The highest BCUT2D eigenvalue weighted by molar-refractivity contribution is 9.10. The van der Waals surface area contributed by atoms with Crippen LogP contribution in [0.25, 0.3) is 10.2 Å². The van der Waals surface area contributed by atoms with Crippen LogP contribution in [0.15, 0.2) is 45.9 Å². The summed E-state index contributed by atoms with van der Waals surface area (Å²) in [5.74, 6) is -0.131. The molecule has 1 aromatic heterocycles. The Morgan fingerprint density at radius 1 is 1.19 bits per heavy atom. The number of thiazole rings is 1. The van der Waals surface area contributed by atoms with Crippen LogP contribution in [0.3, 0.4) is 0 Å². The van der Waals surface area contributed by atoms with E-state index < -0.39 is 0 Å². The normalized spacial score (nSPS) is 12.1. The molecule has 0 atom stereocenters. The van der Waals surface area contributed by atoms with Crippen molar-refractivity contribution < 1.29 is 9.53 Å². The fourth-order valence-corrected chi connectivity index (χ4v) is 4.51. The molecule has 0 radical (unpaired) electrons. The first-order chi connectivity index (χ1) is 13.0. The largest absolute Gasteiger partial charge is 0.380 e. The van der Waals surface area contributed by atoms with Gasteiger partial charge in [-0.25, -0.2) is 0 Å². The Morgan fingerprint density at radius 3 is 2.74 bits per heavy atom. The lowest BCUT2D eigenvalue weighted by molar-refractivity contribution is -0.117. The van der Waals surface area contributed by atoms with E-state index in [1.807, 2.05) is 19.1 Å². The first-order valence-electron chi connectivity index (χ1n) is 8.98. The molecule has 0 aliphatic carbocycles. The second-order valence-corrected chi connectivity index (χ2v) is 8.37. The van der Waals surface area contributed by atoms with E-state index in [2.05, 4.69) is 63.6 Å². The molecule has 0 N–H and O–H groups in total. The maximum atomic E-state index is 12.6. The highest BCUT2D eigenvalue weighted by Crippen LogP contribution is 2.22. The Bertz CT molecular complexity index is 1040. The van der Waals surface area contributed by atoms with Crippen molar-refractivity contribution in [3.8, 4) is 0 Å². The van der Waals surface area contributed by atoms with Crippen LogP contribution in [0.5, 0.6) is 0 Å². The average molecular weight is 447 g/mol. The molecule has 0 saturated carbocycles. The Morgan fingerprint density at radius 2 is 2.00 bits per heavy atom. The van der Waals surface area contributed by atoms with Crippen molar-refractivity contribution in [3.63, 3.8) is 0 Å². The number of halogens is 1. The molecule has 0 bridgehead atoms. The molecule has 0 aliphatic rings. The van der Waals surface area contributed by atoms with Gasteiger partial charge in [0, 0.05) is 17.6 Å². The summed E-state index contributed by atoms with van der Waals surface area (Å²) in [4.78, 5) is 17.7. The van der Waals surface area contributed by atoms with Gasteiger partial charge < -0.3 is 9.30 Å². The minimum Gasteiger partial charge on any atom is -0.380 e. The van der Waals surface area contributed by atoms with Gasteiger partial charge in [-0.15, -0.1) is 0 Å². The van der Waals surface area contributed by atoms with Crippen LogP contribution in [-0.2, 0) is 22.5 Å². The van der Waals surface area contributed by atoms with Gasteiger partial charge in [-0.2, -0.15) is 4.99 Å². The molecule has 0 aliphatic heterocycles. The predicted octanol–water partition coefficient (Wildman–Crippen LogP) is 4.79. The van der Waals surface area contributed by atoms with Crippen LogP contribution in [-0.4, -0.2) is 23.7 Å². The first-order valence-corrected chi connectivity index (χ1v) is 10.6. The minimum absolute atomic E-state index is 0.131. The van der Waals surface area contributed by atoms with Gasteiger partial charge in [-0.1, -0.05) is 45.5 Å². The number of ether oxygens (including phenoxy) is 1. The van der Waals surface area contributed by atoms with Crippen molar-refractivity contribution in [2.75, 3.05) is 13.2 Å². The zero-order chi connectivity index (χ0) is 19.4. The van der Waals surface area contributed by atoms with E-state index in [4.69, 9.17) is 4.74 Å². The molecule has 1 amide bonds. The lowest BCUT2D eigenvalue weighted by atomic mass is 10.0. The summed E-state index contributed by atoms with van der Waals surface area (Å²) in [6.45, 7) is 8.05. The molecule has 4 nitrogen and oxygen atoms in total. The molecule has 0 fully saturated rings. The molecular formula is C21H23BrN2O2S. The fourth-order valence-electron chi connectivity index (χ4n) is 2.88. The number of benzene rings is 2. The molecule has 27 heavy (non-hydrogen) atoms. The van der Waals surface area contributed by atoms with Crippen molar-refractivity contribution in [1.82, 2.24) is 4.57 Å². The van der Waals surface area contributed by atoms with Crippen molar-refractivity contribution in [2.45, 2.75) is 33.7 Å². The topological polar surface area (TPSA) is 43.6 Å². The molecule has 6 heteroatoms. The van der Waals surface area contributed by atoms with Gasteiger partial charge in [-0.05, 0) is 55.7 Å². The van der Waals surface area contributed by atoms with Crippen LogP contribution >= 0.6 is 27.3 Å². The number of carbonyl (C=O) groups is 1. The Labute approximate surface area is 171 Å². The van der Waals surface area contributed by atoms with Gasteiger partial charge in [-0.3, -0.25) is 4.79 Å². The van der Waals surface area contributed by atoms with Crippen LogP contribution in [0.4, 0.5) is 0 Å². The molecule has 0 unspecified atom stereocenters. The molecular weight excluding hydrogens is 424 g/mol. The number of fused-ring (bicyclic) bond motifs is 1. The number of carbonyl (C=O) groups excluding carboxylic acids is 1. The predicted molar refractivity (Wildman–Crippen MR) is 114 cm³/mol. The van der Waals surface area contributed by atoms with E-state index in [9.17, 15) is 4.79 Å². The van der Waals surface area contributed by atoms with Gasteiger partial charge in [0.25, 0.3) is 5.91 Å². The number of aromatic nitrogens is 1. The summed E-state index contributed by atoms with van der Waals surface area (Å²) >= 11 is 5.04. The SMILES string of the molecule is CCOCCn1c(=NC(=O)Cc2ccc(C)c(C)c2)sc2cc(Br)ccc21. The van der Waals surface area contributed by atoms with Crippen molar-refractivity contribution >= 4 is 43.4 Å². The lowest BCUT2D eigenvalue weighted by Gasteiger charge is -2.06. The van der Waals surface area contributed by atoms with Crippen LogP contribution in [0.1, 0.15) is 23.6 Å². The number of amides is 1. The van der Waals surface area contributed by atoms with E-state index in [1.165, 1.54) is 22.5 Å². The standard InChI is InChI=1S/C21H23BrN2O2S/c1-4-26-10-9-24-18-8-7-17(22)13-19(18)27-21(24)23-20(25)12-16-6-5-14(2)15(3)11-16/h5-8,11,13H,4,9-10,12H2,1-3H3. The number of hydrogen-bond donors (Lipinski definition) is 0. The zero-order valence-electron chi connectivity index (χ0n) is 15.8. The van der Waals surface area contributed by atoms with E-state index >= 15 is 0 Å². The summed E-state index contributed by atoms with van der Waals surface area (Å²) in [5.41, 5.74) is 4.49. The molecule has 1 heterocycles. The monoisotopic (exact) mass is 446 g/mol.